The molecule has 27 heavy (non-hydrogen) atoms. The number of likely N-dealkylation sites (tertiary alicyclic amines) is 1. The summed E-state index contributed by atoms with van der Waals surface area (Å²) in [5.41, 5.74) is 5.51. The van der Waals surface area contributed by atoms with E-state index in [1.807, 2.05) is 29.8 Å². The number of hydrogen-bond donors (Lipinski definition) is 1. The molecule has 2 aliphatic heterocycles. The Morgan fingerprint density at radius 2 is 2.15 bits per heavy atom. The molecule has 1 spiro atoms. The van der Waals surface area contributed by atoms with Crippen molar-refractivity contribution in [2.75, 3.05) is 26.2 Å². The van der Waals surface area contributed by atoms with Gasteiger partial charge >= 0.3 is 0 Å². The summed E-state index contributed by atoms with van der Waals surface area (Å²) < 4.78 is 2.03. The van der Waals surface area contributed by atoms with Crippen LogP contribution in [0.25, 0.3) is 11.1 Å². The molecule has 1 atom stereocenters. The fourth-order valence-corrected chi connectivity index (χ4v) is 4.94. The molecule has 1 aromatic heterocycles. The molecule has 4 rings (SSSR count). The van der Waals surface area contributed by atoms with Gasteiger partial charge in [0.25, 0.3) is 5.91 Å². The van der Waals surface area contributed by atoms with E-state index >= 15 is 0 Å². The van der Waals surface area contributed by atoms with E-state index in [9.17, 15) is 4.79 Å². The highest BCUT2D eigenvalue weighted by Gasteiger charge is 2.39. The maximum atomic E-state index is 13.2. The Balaban J connectivity index is 1.61. The van der Waals surface area contributed by atoms with Crippen molar-refractivity contribution in [3.05, 3.63) is 41.2 Å². The molecule has 5 nitrogen and oxygen atoms in total. The molecule has 2 fully saturated rings. The van der Waals surface area contributed by atoms with Crippen LogP contribution < -0.4 is 5.32 Å². The van der Waals surface area contributed by atoms with E-state index in [0.717, 1.165) is 67.2 Å². The van der Waals surface area contributed by atoms with Crippen molar-refractivity contribution in [1.29, 1.82) is 0 Å². The molecule has 2 saturated heterocycles. The van der Waals surface area contributed by atoms with Crippen LogP contribution in [0.2, 0.25) is 0 Å². The summed E-state index contributed by atoms with van der Waals surface area (Å²) in [7, 11) is 0. The molecule has 5 heteroatoms. The van der Waals surface area contributed by atoms with Gasteiger partial charge in [-0.2, -0.15) is 5.10 Å². The van der Waals surface area contributed by atoms with E-state index in [4.69, 9.17) is 0 Å². The largest absolute Gasteiger partial charge is 0.338 e. The number of carbonyl (C=O) groups is 1. The fraction of sp³-hybridized carbons (Fsp3) is 0.545. The van der Waals surface area contributed by atoms with Gasteiger partial charge < -0.3 is 10.2 Å². The molecule has 2 aromatic rings. The SMILES string of the molecule is CCn1nc(C)c(-c2cccc(C(=O)N3CCC[C@@]4(CCNC4)C3)c2)c1C. The predicted octanol–water partition coefficient (Wildman–Crippen LogP) is 3.40. The molecule has 1 N–H and O–H groups in total. The summed E-state index contributed by atoms with van der Waals surface area (Å²) in [6.45, 7) is 11.0. The highest BCUT2D eigenvalue weighted by atomic mass is 16.2. The van der Waals surface area contributed by atoms with Crippen molar-refractivity contribution >= 4 is 5.91 Å². The maximum absolute atomic E-state index is 13.2. The number of piperidine rings is 1. The van der Waals surface area contributed by atoms with E-state index in [1.54, 1.807) is 0 Å². The molecular weight excluding hydrogens is 336 g/mol. The highest BCUT2D eigenvalue weighted by Crippen LogP contribution is 2.36. The summed E-state index contributed by atoms with van der Waals surface area (Å²) in [5.74, 6) is 0.168. The monoisotopic (exact) mass is 366 g/mol. The minimum absolute atomic E-state index is 0.168. The van der Waals surface area contributed by atoms with Gasteiger partial charge in [-0.25, -0.2) is 0 Å². The number of benzene rings is 1. The van der Waals surface area contributed by atoms with Gasteiger partial charge in [-0.15, -0.1) is 0 Å². The molecule has 0 unspecified atom stereocenters. The standard InChI is InChI=1S/C22H30N4O/c1-4-26-17(3)20(16(2)24-26)18-7-5-8-19(13-18)21(27)25-12-6-9-22(15-25)10-11-23-14-22/h5,7-8,13,23H,4,6,9-12,14-15H2,1-3H3/t22-/m0/s1. The number of carbonyl (C=O) groups excluding carboxylic acids is 1. The number of nitrogens with one attached hydrogen (secondary N) is 1. The van der Waals surface area contributed by atoms with Crippen LogP contribution in [0.5, 0.6) is 0 Å². The minimum atomic E-state index is 0.168. The molecular formula is C22H30N4O. The van der Waals surface area contributed by atoms with Gasteiger partial charge in [-0.05, 0) is 64.3 Å². The second kappa shape index (κ2) is 7.12. The number of rotatable bonds is 3. The van der Waals surface area contributed by atoms with Crippen LogP contribution in [0, 0.1) is 19.3 Å². The molecule has 0 radical (unpaired) electrons. The first-order valence-electron chi connectivity index (χ1n) is 10.2. The van der Waals surface area contributed by atoms with Crippen molar-refractivity contribution in [3.63, 3.8) is 0 Å². The lowest BCUT2D eigenvalue weighted by molar-refractivity contribution is 0.0553. The Hall–Kier alpha value is -2.14. The normalized spacial score (nSPS) is 22.6. The molecule has 0 aliphatic carbocycles. The Bertz CT molecular complexity index is 848. The van der Waals surface area contributed by atoms with Crippen LogP contribution in [-0.2, 0) is 6.54 Å². The van der Waals surface area contributed by atoms with Gasteiger partial charge in [0.15, 0.2) is 0 Å². The third kappa shape index (κ3) is 3.29. The third-order valence-corrected chi connectivity index (χ3v) is 6.36. The lowest BCUT2D eigenvalue weighted by atomic mass is 9.79. The second-order valence-corrected chi connectivity index (χ2v) is 8.20. The third-order valence-electron chi connectivity index (χ3n) is 6.36. The number of hydrogen-bond acceptors (Lipinski definition) is 3. The van der Waals surface area contributed by atoms with Gasteiger partial charge in [0, 0.05) is 48.4 Å². The maximum Gasteiger partial charge on any atom is 0.253 e. The number of nitrogens with zero attached hydrogens (tertiary/aromatic N) is 3. The Labute approximate surface area is 161 Å². The first kappa shape index (κ1) is 18.2. The number of aromatic nitrogens is 2. The van der Waals surface area contributed by atoms with Crippen LogP contribution >= 0.6 is 0 Å². The number of aryl methyl sites for hydroxylation is 2. The minimum Gasteiger partial charge on any atom is -0.338 e. The van der Waals surface area contributed by atoms with Crippen LogP contribution in [-0.4, -0.2) is 46.8 Å². The molecule has 0 saturated carbocycles. The summed E-state index contributed by atoms with van der Waals surface area (Å²) in [5, 5.41) is 8.12. The highest BCUT2D eigenvalue weighted by molar-refractivity contribution is 5.95. The van der Waals surface area contributed by atoms with Crippen molar-refractivity contribution in [2.45, 2.75) is 46.6 Å². The van der Waals surface area contributed by atoms with Crippen LogP contribution in [0.3, 0.4) is 0 Å². The average molecular weight is 367 g/mol. The van der Waals surface area contributed by atoms with E-state index in [2.05, 4.69) is 35.2 Å². The van der Waals surface area contributed by atoms with Gasteiger partial charge in [-0.3, -0.25) is 9.48 Å². The van der Waals surface area contributed by atoms with Crippen molar-refractivity contribution < 1.29 is 4.79 Å². The van der Waals surface area contributed by atoms with Gasteiger partial charge in [0.1, 0.15) is 0 Å². The molecule has 144 valence electrons. The lowest BCUT2D eigenvalue weighted by Gasteiger charge is -2.40. The van der Waals surface area contributed by atoms with E-state index in [1.165, 1.54) is 12.8 Å². The summed E-state index contributed by atoms with van der Waals surface area (Å²) >= 11 is 0. The first-order chi connectivity index (χ1) is 13.0. The zero-order valence-corrected chi connectivity index (χ0v) is 16.7. The zero-order chi connectivity index (χ0) is 19.0. The Morgan fingerprint density at radius 3 is 2.85 bits per heavy atom. The van der Waals surface area contributed by atoms with Gasteiger partial charge in [0.2, 0.25) is 0 Å². The van der Waals surface area contributed by atoms with Crippen LogP contribution in [0.4, 0.5) is 0 Å². The molecule has 2 aliphatic rings. The number of amides is 1. The summed E-state index contributed by atoms with van der Waals surface area (Å²) in [4.78, 5) is 15.3. The van der Waals surface area contributed by atoms with Crippen molar-refractivity contribution in [1.82, 2.24) is 20.0 Å². The summed E-state index contributed by atoms with van der Waals surface area (Å²) in [6, 6.07) is 8.09. The average Bonchev–Trinajstić information content (AvgIpc) is 3.24. The lowest BCUT2D eigenvalue weighted by Crippen LogP contribution is -2.47. The van der Waals surface area contributed by atoms with E-state index < -0.39 is 0 Å². The Kier molecular flexibility index (Phi) is 4.81. The van der Waals surface area contributed by atoms with Crippen molar-refractivity contribution in [2.24, 2.45) is 5.41 Å². The first-order valence-corrected chi connectivity index (χ1v) is 10.2. The smallest absolute Gasteiger partial charge is 0.253 e. The van der Waals surface area contributed by atoms with E-state index in [-0.39, 0.29) is 5.91 Å². The van der Waals surface area contributed by atoms with Gasteiger partial charge in [0.05, 0.1) is 5.69 Å². The summed E-state index contributed by atoms with van der Waals surface area (Å²) in [6.07, 6.45) is 3.53. The molecule has 3 heterocycles. The van der Waals surface area contributed by atoms with Gasteiger partial charge in [-0.1, -0.05) is 12.1 Å². The van der Waals surface area contributed by atoms with Crippen LogP contribution in [0.15, 0.2) is 24.3 Å². The zero-order valence-electron chi connectivity index (χ0n) is 16.7. The fourth-order valence-electron chi connectivity index (χ4n) is 4.94. The van der Waals surface area contributed by atoms with Crippen molar-refractivity contribution in [3.8, 4) is 11.1 Å². The molecule has 1 amide bonds. The van der Waals surface area contributed by atoms with Crippen LogP contribution in [0.1, 0.15) is 47.9 Å². The second-order valence-electron chi connectivity index (χ2n) is 8.20. The molecule has 1 aromatic carbocycles. The topological polar surface area (TPSA) is 50.2 Å². The Morgan fingerprint density at radius 1 is 1.30 bits per heavy atom. The predicted molar refractivity (Wildman–Crippen MR) is 108 cm³/mol. The van der Waals surface area contributed by atoms with E-state index in [0.29, 0.717) is 5.41 Å². The quantitative estimate of drug-likeness (QED) is 0.906. The molecule has 0 bridgehead atoms.